The zero-order chi connectivity index (χ0) is 9.84. The second-order valence-corrected chi connectivity index (χ2v) is 4.97. The second-order valence-electron chi connectivity index (χ2n) is 3.83. The number of amides is 1. The van der Waals surface area contributed by atoms with Crippen LogP contribution >= 0.6 is 11.8 Å². The first-order chi connectivity index (χ1) is 6.11. The van der Waals surface area contributed by atoms with Crippen LogP contribution in [0.1, 0.15) is 20.3 Å². The Labute approximate surface area is 83.8 Å². The van der Waals surface area contributed by atoms with Gasteiger partial charge in [0.1, 0.15) is 0 Å². The lowest BCUT2D eigenvalue weighted by Crippen LogP contribution is -2.49. The van der Waals surface area contributed by atoms with Crippen molar-refractivity contribution in [2.75, 3.05) is 11.5 Å². The number of primary amides is 1. The highest BCUT2D eigenvalue weighted by molar-refractivity contribution is 7.99. The van der Waals surface area contributed by atoms with E-state index in [1.54, 1.807) is 0 Å². The summed E-state index contributed by atoms with van der Waals surface area (Å²) < 4.78 is 0. The van der Waals surface area contributed by atoms with Crippen molar-refractivity contribution >= 4 is 17.7 Å². The molecule has 0 aromatic heterocycles. The summed E-state index contributed by atoms with van der Waals surface area (Å²) in [5, 5.41) is 3.23. The molecule has 1 rings (SSSR count). The number of thioether (sulfide) groups is 1. The van der Waals surface area contributed by atoms with Gasteiger partial charge in [0.25, 0.3) is 0 Å². The maximum atomic E-state index is 11.2. The van der Waals surface area contributed by atoms with Crippen LogP contribution in [0.2, 0.25) is 0 Å². The average Bonchev–Trinajstić information content (AvgIpc) is 2.50. The predicted octanol–water partition coefficient (Wildman–Crippen LogP) is 0.591. The SMILES string of the molecule is CC(C)NC(C(N)=O)C1CCSC1. The highest BCUT2D eigenvalue weighted by atomic mass is 32.2. The smallest absolute Gasteiger partial charge is 0.234 e. The molecule has 0 aromatic carbocycles. The molecule has 0 radical (unpaired) electrons. The van der Waals surface area contributed by atoms with Gasteiger partial charge >= 0.3 is 0 Å². The molecule has 0 bridgehead atoms. The van der Waals surface area contributed by atoms with Crippen LogP contribution in [0.25, 0.3) is 0 Å². The molecule has 1 fully saturated rings. The largest absolute Gasteiger partial charge is 0.368 e. The molecule has 4 heteroatoms. The molecule has 3 N–H and O–H groups in total. The molecule has 76 valence electrons. The minimum absolute atomic E-state index is 0.130. The maximum absolute atomic E-state index is 11.2. The summed E-state index contributed by atoms with van der Waals surface area (Å²) in [5.41, 5.74) is 5.35. The molecule has 1 heterocycles. The van der Waals surface area contributed by atoms with Gasteiger partial charge < -0.3 is 11.1 Å². The molecule has 0 spiro atoms. The Hall–Kier alpha value is -0.220. The van der Waals surface area contributed by atoms with E-state index in [9.17, 15) is 4.79 Å². The first-order valence-corrected chi connectivity index (χ1v) is 5.90. The van der Waals surface area contributed by atoms with Gasteiger partial charge in [0.2, 0.25) is 5.91 Å². The van der Waals surface area contributed by atoms with Crippen molar-refractivity contribution in [3.05, 3.63) is 0 Å². The Morgan fingerprint density at radius 1 is 1.62 bits per heavy atom. The van der Waals surface area contributed by atoms with E-state index in [0.717, 1.165) is 17.9 Å². The molecule has 1 aliphatic rings. The molecule has 1 amide bonds. The average molecular weight is 202 g/mol. The van der Waals surface area contributed by atoms with Gasteiger partial charge in [-0.3, -0.25) is 4.79 Å². The van der Waals surface area contributed by atoms with Crippen LogP contribution < -0.4 is 11.1 Å². The summed E-state index contributed by atoms with van der Waals surface area (Å²) in [4.78, 5) is 11.2. The van der Waals surface area contributed by atoms with Gasteiger partial charge in [-0.15, -0.1) is 0 Å². The van der Waals surface area contributed by atoms with E-state index >= 15 is 0 Å². The fourth-order valence-corrected chi connectivity index (χ4v) is 2.92. The predicted molar refractivity (Wildman–Crippen MR) is 56.7 cm³/mol. The van der Waals surface area contributed by atoms with E-state index in [0.29, 0.717) is 12.0 Å². The second kappa shape index (κ2) is 4.86. The van der Waals surface area contributed by atoms with Gasteiger partial charge in [-0.2, -0.15) is 11.8 Å². The highest BCUT2D eigenvalue weighted by Gasteiger charge is 2.29. The minimum atomic E-state index is -0.207. The lowest BCUT2D eigenvalue weighted by Gasteiger charge is -2.23. The Morgan fingerprint density at radius 2 is 2.31 bits per heavy atom. The minimum Gasteiger partial charge on any atom is -0.368 e. The number of carbonyl (C=O) groups is 1. The zero-order valence-electron chi connectivity index (χ0n) is 8.25. The van der Waals surface area contributed by atoms with Crippen molar-refractivity contribution in [1.29, 1.82) is 0 Å². The summed E-state index contributed by atoms with van der Waals surface area (Å²) >= 11 is 1.91. The van der Waals surface area contributed by atoms with Crippen LogP contribution in [0, 0.1) is 5.92 Å². The third kappa shape index (κ3) is 3.19. The Balaban J connectivity index is 2.50. The van der Waals surface area contributed by atoms with E-state index in [1.807, 2.05) is 25.6 Å². The van der Waals surface area contributed by atoms with Crippen LogP contribution in [0.5, 0.6) is 0 Å². The summed E-state index contributed by atoms with van der Waals surface area (Å²) in [6.07, 6.45) is 1.11. The van der Waals surface area contributed by atoms with Crippen molar-refractivity contribution in [1.82, 2.24) is 5.32 Å². The van der Waals surface area contributed by atoms with Gasteiger partial charge in [0.15, 0.2) is 0 Å². The molecule has 3 nitrogen and oxygen atoms in total. The molecule has 2 unspecified atom stereocenters. The first kappa shape index (κ1) is 10.9. The van der Waals surface area contributed by atoms with Gasteiger partial charge in [0.05, 0.1) is 6.04 Å². The van der Waals surface area contributed by atoms with Crippen molar-refractivity contribution in [3.63, 3.8) is 0 Å². The van der Waals surface area contributed by atoms with Crippen molar-refractivity contribution < 1.29 is 4.79 Å². The molecule has 1 aliphatic heterocycles. The zero-order valence-corrected chi connectivity index (χ0v) is 9.06. The maximum Gasteiger partial charge on any atom is 0.234 e. The Kier molecular flexibility index (Phi) is 4.06. The fraction of sp³-hybridized carbons (Fsp3) is 0.889. The normalized spacial score (nSPS) is 25.0. The van der Waals surface area contributed by atoms with E-state index in [1.165, 1.54) is 0 Å². The topological polar surface area (TPSA) is 55.1 Å². The van der Waals surface area contributed by atoms with Crippen LogP contribution in [0.3, 0.4) is 0 Å². The molecule has 0 aromatic rings. The number of nitrogens with two attached hydrogens (primary N) is 1. The number of carbonyl (C=O) groups excluding carboxylic acids is 1. The third-order valence-corrected chi connectivity index (χ3v) is 3.44. The summed E-state index contributed by atoms with van der Waals surface area (Å²) in [5.74, 6) is 2.45. The number of rotatable bonds is 4. The summed E-state index contributed by atoms with van der Waals surface area (Å²) in [6, 6.07) is 0.193. The standard InChI is InChI=1S/C9H18N2OS/c1-6(2)11-8(9(10)12)7-3-4-13-5-7/h6-8,11H,3-5H2,1-2H3,(H2,10,12). The van der Waals surface area contributed by atoms with Gasteiger partial charge in [-0.25, -0.2) is 0 Å². The summed E-state index contributed by atoms with van der Waals surface area (Å²) in [7, 11) is 0. The number of nitrogens with one attached hydrogen (secondary N) is 1. The van der Waals surface area contributed by atoms with Crippen molar-refractivity contribution in [2.24, 2.45) is 11.7 Å². The monoisotopic (exact) mass is 202 g/mol. The van der Waals surface area contributed by atoms with Crippen LogP contribution in [-0.2, 0) is 4.79 Å². The van der Waals surface area contributed by atoms with Crippen molar-refractivity contribution in [3.8, 4) is 0 Å². The third-order valence-electron chi connectivity index (χ3n) is 2.26. The van der Waals surface area contributed by atoms with Crippen LogP contribution in [0.4, 0.5) is 0 Å². The molecule has 13 heavy (non-hydrogen) atoms. The molecule has 1 saturated heterocycles. The quantitative estimate of drug-likeness (QED) is 0.701. The molecular formula is C9H18N2OS. The van der Waals surface area contributed by atoms with Crippen molar-refractivity contribution in [2.45, 2.75) is 32.4 Å². The summed E-state index contributed by atoms with van der Waals surface area (Å²) in [6.45, 7) is 4.08. The highest BCUT2D eigenvalue weighted by Crippen LogP contribution is 2.26. The van der Waals surface area contributed by atoms with Gasteiger partial charge in [-0.1, -0.05) is 13.8 Å². The molecular weight excluding hydrogens is 184 g/mol. The van der Waals surface area contributed by atoms with E-state index in [2.05, 4.69) is 5.32 Å². The van der Waals surface area contributed by atoms with E-state index in [4.69, 9.17) is 5.73 Å². The lowest BCUT2D eigenvalue weighted by atomic mass is 9.98. The van der Waals surface area contributed by atoms with Crippen LogP contribution in [-0.4, -0.2) is 29.5 Å². The van der Waals surface area contributed by atoms with E-state index < -0.39 is 0 Å². The van der Waals surface area contributed by atoms with Gasteiger partial charge in [-0.05, 0) is 23.8 Å². The fourth-order valence-electron chi connectivity index (χ4n) is 1.63. The molecule has 0 aliphatic carbocycles. The Morgan fingerprint density at radius 3 is 2.69 bits per heavy atom. The number of hydrogen-bond donors (Lipinski definition) is 2. The molecule has 2 atom stereocenters. The first-order valence-electron chi connectivity index (χ1n) is 4.74. The van der Waals surface area contributed by atoms with E-state index in [-0.39, 0.29) is 11.9 Å². The lowest BCUT2D eigenvalue weighted by molar-refractivity contribution is -0.121. The molecule has 0 saturated carbocycles. The van der Waals surface area contributed by atoms with Gasteiger partial charge in [0, 0.05) is 6.04 Å². The number of hydrogen-bond acceptors (Lipinski definition) is 3. The van der Waals surface area contributed by atoms with Crippen LogP contribution in [0.15, 0.2) is 0 Å². The Bertz CT molecular complexity index is 178.